The van der Waals surface area contributed by atoms with Crippen molar-refractivity contribution in [2.75, 3.05) is 5.32 Å². The van der Waals surface area contributed by atoms with E-state index in [-0.39, 0.29) is 34.8 Å². The number of aromatic nitrogens is 2. The number of hydrogen-bond donors (Lipinski definition) is 1. The van der Waals surface area contributed by atoms with Crippen molar-refractivity contribution < 1.29 is 23.0 Å². The summed E-state index contributed by atoms with van der Waals surface area (Å²) in [5, 5.41) is 23.8. The SMILES string of the molecule is CCc1c(Cl)nc(C)nc1Nc1c([N+](=O)[O-])cc(C(F)(F)F)c(Cl)c1[N+](=O)[O-]. The van der Waals surface area contributed by atoms with Crippen LogP contribution >= 0.6 is 23.2 Å². The molecule has 1 N–H and O–H groups in total. The van der Waals surface area contributed by atoms with E-state index in [9.17, 15) is 33.4 Å². The zero-order valence-electron chi connectivity index (χ0n) is 14.1. The first-order valence-electron chi connectivity index (χ1n) is 7.40. The van der Waals surface area contributed by atoms with Gasteiger partial charge in [0.1, 0.15) is 21.8 Å². The Labute approximate surface area is 164 Å². The maximum absolute atomic E-state index is 13.1. The first-order chi connectivity index (χ1) is 12.9. The van der Waals surface area contributed by atoms with E-state index >= 15 is 0 Å². The second-order valence-electron chi connectivity index (χ2n) is 5.36. The third kappa shape index (κ3) is 4.07. The van der Waals surface area contributed by atoms with Crippen molar-refractivity contribution in [1.29, 1.82) is 0 Å². The summed E-state index contributed by atoms with van der Waals surface area (Å²) in [4.78, 5) is 28.2. The minimum absolute atomic E-state index is 0.0131. The van der Waals surface area contributed by atoms with Crippen molar-refractivity contribution in [3.8, 4) is 0 Å². The minimum Gasteiger partial charge on any atom is -0.328 e. The third-order valence-electron chi connectivity index (χ3n) is 3.57. The lowest BCUT2D eigenvalue weighted by Gasteiger charge is -2.15. The monoisotopic (exact) mass is 439 g/mol. The fourth-order valence-electron chi connectivity index (χ4n) is 2.37. The van der Waals surface area contributed by atoms with Crippen LogP contribution in [-0.4, -0.2) is 19.8 Å². The van der Waals surface area contributed by atoms with Gasteiger partial charge >= 0.3 is 17.6 Å². The largest absolute Gasteiger partial charge is 0.418 e. The number of halogens is 5. The molecular weight excluding hydrogens is 430 g/mol. The molecule has 150 valence electrons. The number of nitro groups is 2. The number of alkyl halides is 3. The van der Waals surface area contributed by atoms with E-state index in [0.29, 0.717) is 0 Å². The van der Waals surface area contributed by atoms with Gasteiger partial charge in [-0.2, -0.15) is 13.2 Å². The molecule has 0 amide bonds. The fourth-order valence-corrected chi connectivity index (χ4v) is 3.04. The molecule has 1 heterocycles. The Morgan fingerprint density at radius 1 is 1.18 bits per heavy atom. The quantitative estimate of drug-likeness (QED) is 0.383. The van der Waals surface area contributed by atoms with Crippen molar-refractivity contribution in [2.45, 2.75) is 26.4 Å². The number of nitro benzene ring substituents is 2. The van der Waals surface area contributed by atoms with Crippen LogP contribution in [0.2, 0.25) is 10.2 Å². The van der Waals surface area contributed by atoms with Gasteiger partial charge in [-0.05, 0) is 13.3 Å². The number of nitrogens with zero attached hydrogens (tertiary/aromatic N) is 4. The Kier molecular flexibility index (Phi) is 5.94. The summed E-state index contributed by atoms with van der Waals surface area (Å²) in [6.07, 6.45) is -4.91. The molecule has 0 saturated heterocycles. The molecule has 0 radical (unpaired) electrons. The normalized spacial score (nSPS) is 11.4. The molecule has 1 aromatic heterocycles. The maximum atomic E-state index is 13.1. The Morgan fingerprint density at radius 2 is 1.79 bits per heavy atom. The number of hydrogen-bond acceptors (Lipinski definition) is 7. The number of benzene rings is 1. The smallest absolute Gasteiger partial charge is 0.328 e. The van der Waals surface area contributed by atoms with E-state index in [2.05, 4.69) is 15.3 Å². The molecule has 14 heteroatoms. The molecule has 0 atom stereocenters. The zero-order valence-corrected chi connectivity index (χ0v) is 15.6. The standard InChI is InChI=1S/C14H10Cl2F3N5O4/c1-3-6-12(16)20-5(2)21-13(6)22-10-8(23(25)26)4-7(14(17,18)19)9(15)11(10)24(27)28/h4H,3H2,1-2H3,(H,20,21,22). The topological polar surface area (TPSA) is 124 Å². The molecular formula is C14H10Cl2F3N5O4. The summed E-state index contributed by atoms with van der Waals surface area (Å²) in [5.74, 6) is 0.00930. The van der Waals surface area contributed by atoms with E-state index in [0.717, 1.165) is 0 Å². The van der Waals surface area contributed by atoms with Crippen LogP contribution in [0.15, 0.2) is 6.07 Å². The summed E-state index contributed by atoms with van der Waals surface area (Å²) in [6, 6.07) is 0.124. The molecule has 0 fully saturated rings. The summed E-state index contributed by atoms with van der Waals surface area (Å²) in [5.41, 5.74) is -4.80. The summed E-state index contributed by atoms with van der Waals surface area (Å²) in [6.45, 7) is 3.09. The molecule has 2 rings (SSSR count). The summed E-state index contributed by atoms with van der Waals surface area (Å²) >= 11 is 11.6. The van der Waals surface area contributed by atoms with E-state index < -0.39 is 43.7 Å². The number of aryl methyl sites for hydroxylation is 1. The number of anilines is 2. The summed E-state index contributed by atoms with van der Waals surface area (Å²) < 4.78 is 39.4. The van der Waals surface area contributed by atoms with Crippen molar-refractivity contribution in [3.63, 3.8) is 0 Å². The Balaban J connectivity index is 2.86. The van der Waals surface area contributed by atoms with E-state index in [4.69, 9.17) is 23.2 Å². The van der Waals surface area contributed by atoms with Gasteiger partial charge in [-0.3, -0.25) is 20.2 Å². The minimum atomic E-state index is -5.14. The van der Waals surface area contributed by atoms with E-state index in [1.807, 2.05) is 0 Å². The van der Waals surface area contributed by atoms with Crippen LogP contribution in [0, 0.1) is 27.2 Å². The van der Waals surface area contributed by atoms with Gasteiger partial charge in [0.05, 0.1) is 15.4 Å². The predicted molar refractivity (Wildman–Crippen MR) is 94.2 cm³/mol. The molecule has 1 aromatic carbocycles. The molecule has 28 heavy (non-hydrogen) atoms. The van der Waals surface area contributed by atoms with Crippen LogP contribution in [0.4, 0.5) is 36.1 Å². The van der Waals surface area contributed by atoms with Crippen LogP contribution in [-0.2, 0) is 12.6 Å². The Bertz CT molecular complexity index is 985. The van der Waals surface area contributed by atoms with Crippen LogP contribution < -0.4 is 5.32 Å². The van der Waals surface area contributed by atoms with Crippen LogP contribution in [0.1, 0.15) is 23.9 Å². The maximum Gasteiger partial charge on any atom is 0.418 e. The summed E-state index contributed by atoms with van der Waals surface area (Å²) in [7, 11) is 0. The molecule has 0 aliphatic rings. The lowest BCUT2D eigenvalue weighted by Crippen LogP contribution is -2.12. The molecule has 2 aromatic rings. The second-order valence-corrected chi connectivity index (χ2v) is 6.10. The van der Waals surface area contributed by atoms with Crippen LogP contribution in [0.3, 0.4) is 0 Å². The molecule has 0 aliphatic carbocycles. The van der Waals surface area contributed by atoms with Crippen molar-refractivity contribution >= 4 is 46.1 Å². The highest BCUT2D eigenvalue weighted by Crippen LogP contribution is 2.48. The average Bonchev–Trinajstić information content (AvgIpc) is 2.52. The Hall–Kier alpha value is -2.73. The highest BCUT2D eigenvalue weighted by Gasteiger charge is 2.42. The molecule has 0 aliphatic heterocycles. The highest BCUT2D eigenvalue weighted by molar-refractivity contribution is 6.34. The van der Waals surface area contributed by atoms with Crippen molar-refractivity contribution in [2.24, 2.45) is 0 Å². The lowest BCUT2D eigenvalue weighted by atomic mass is 10.1. The zero-order chi connectivity index (χ0) is 21.4. The predicted octanol–water partition coefficient (Wildman–Crippen LogP) is 5.23. The van der Waals surface area contributed by atoms with Gasteiger partial charge in [-0.15, -0.1) is 0 Å². The van der Waals surface area contributed by atoms with Gasteiger partial charge < -0.3 is 5.32 Å². The molecule has 0 bridgehead atoms. The fraction of sp³-hybridized carbons (Fsp3) is 0.286. The molecule has 0 spiro atoms. The van der Waals surface area contributed by atoms with Gasteiger partial charge in [0.2, 0.25) is 0 Å². The second kappa shape index (κ2) is 7.72. The van der Waals surface area contributed by atoms with Gasteiger partial charge in [-0.1, -0.05) is 30.1 Å². The van der Waals surface area contributed by atoms with E-state index in [1.54, 1.807) is 6.92 Å². The van der Waals surface area contributed by atoms with E-state index in [1.165, 1.54) is 6.92 Å². The molecule has 0 saturated carbocycles. The lowest BCUT2D eigenvalue weighted by molar-refractivity contribution is -0.392. The average molecular weight is 440 g/mol. The number of nitrogens with one attached hydrogen (secondary N) is 1. The highest BCUT2D eigenvalue weighted by atomic mass is 35.5. The van der Waals surface area contributed by atoms with Gasteiger partial charge in [-0.25, -0.2) is 9.97 Å². The van der Waals surface area contributed by atoms with Gasteiger partial charge in [0.25, 0.3) is 0 Å². The molecule has 0 unspecified atom stereocenters. The van der Waals surface area contributed by atoms with Crippen molar-refractivity contribution in [3.05, 3.63) is 53.4 Å². The molecule has 9 nitrogen and oxygen atoms in total. The number of rotatable bonds is 5. The third-order valence-corrected chi connectivity index (χ3v) is 4.26. The first-order valence-corrected chi connectivity index (χ1v) is 8.16. The van der Waals surface area contributed by atoms with Crippen LogP contribution in [0.5, 0.6) is 0 Å². The van der Waals surface area contributed by atoms with Gasteiger partial charge in [0, 0.05) is 11.6 Å². The van der Waals surface area contributed by atoms with Crippen molar-refractivity contribution in [1.82, 2.24) is 9.97 Å². The Morgan fingerprint density at radius 3 is 2.25 bits per heavy atom. The van der Waals surface area contributed by atoms with Crippen LogP contribution in [0.25, 0.3) is 0 Å². The van der Waals surface area contributed by atoms with Gasteiger partial charge in [0.15, 0.2) is 5.69 Å². The first kappa shape index (κ1) is 21.6.